The minimum atomic E-state index is 0.112. The molecule has 0 unspecified atom stereocenters. The Morgan fingerprint density at radius 2 is 2.10 bits per heavy atom. The Balaban J connectivity index is 1.93. The van der Waals surface area contributed by atoms with E-state index in [-0.39, 0.29) is 6.10 Å². The third-order valence-corrected chi connectivity index (χ3v) is 2.81. The van der Waals surface area contributed by atoms with Crippen LogP contribution in [0.5, 0.6) is 5.75 Å². The van der Waals surface area contributed by atoms with Crippen LogP contribution in [0.15, 0.2) is 42.6 Å². The summed E-state index contributed by atoms with van der Waals surface area (Å²) in [6.45, 7) is 4.79. The average molecular weight is 271 g/mol. The normalized spacial score (nSPS) is 10.6. The highest BCUT2D eigenvalue weighted by molar-refractivity contribution is 5.61. The van der Waals surface area contributed by atoms with Gasteiger partial charge in [0.2, 0.25) is 0 Å². The van der Waals surface area contributed by atoms with Gasteiger partial charge in [-0.2, -0.15) is 0 Å². The first-order valence-electron chi connectivity index (χ1n) is 6.85. The summed E-state index contributed by atoms with van der Waals surface area (Å²) in [7, 11) is 0. The van der Waals surface area contributed by atoms with Gasteiger partial charge in [0.15, 0.2) is 0 Å². The van der Waals surface area contributed by atoms with E-state index in [1.54, 1.807) is 0 Å². The summed E-state index contributed by atoms with van der Waals surface area (Å²) < 4.78 is 5.67. The van der Waals surface area contributed by atoms with E-state index in [2.05, 4.69) is 10.3 Å². The van der Waals surface area contributed by atoms with Crippen LogP contribution in [0.2, 0.25) is 0 Å². The fourth-order valence-corrected chi connectivity index (χ4v) is 1.88. The van der Waals surface area contributed by atoms with Gasteiger partial charge in [0.25, 0.3) is 0 Å². The van der Waals surface area contributed by atoms with Crippen molar-refractivity contribution in [1.29, 1.82) is 0 Å². The molecule has 106 valence electrons. The van der Waals surface area contributed by atoms with E-state index in [0.717, 1.165) is 30.1 Å². The van der Waals surface area contributed by atoms with Crippen LogP contribution in [0.1, 0.15) is 19.5 Å². The van der Waals surface area contributed by atoms with Crippen LogP contribution in [-0.4, -0.2) is 17.6 Å². The molecule has 0 saturated heterocycles. The molecule has 0 saturated carbocycles. The second-order valence-electron chi connectivity index (χ2n) is 4.92. The quantitative estimate of drug-likeness (QED) is 0.793. The van der Waals surface area contributed by atoms with Crippen LogP contribution in [0.3, 0.4) is 0 Å². The highest BCUT2D eigenvalue weighted by Crippen LogP contribution is 2.26. The predicted octanol–water partition coefficient (Wildman–Crippen LogP) is 3.11. The van der Waals surface area contributed by atoms with Crippen molar-refractivity contribution in [3.63, 3.8) is 0 Å². The summed E-state index contributed by atoms with van der Waals surface area (Å²) in [6.07, 6.45) is 2.81. The van der Waals surface area contributed by atoms with E-state index in [9.17, 15) is 0 Å². The van der Waals surface area contributed by atoms with E-state index in [1.807, 2.05) is 56.4 Å². The molecular weight excluding hydrogens is 250 g/mol. The van der Waals surface area contributed by atoms with E-state index < -0.39 is 0 Å². The second-order valence-corrected chi connectivity index (χ2v) is 4.92. The number of hydrogen-bond acceptors (Lipinski definition) is 4. The van der Waals surface area contributed by atoms with E-state index >= 15 is 0 Å². The first-order valence-corrected chi connectivity index (χ1v) is 6.85. The Hall–Kier alpha value is -2.23. The fraction of sp³-hybridized carbons (Fsp3) is 0.312. The first kappa shape index (κ1) is 14.2. The zero-order valence-corrected chi connectivity index (χ0v) is 12.0. The molecule has 0 amide bonds. The van der Waals surface area contributed by atoms with Crippen LogP contribution in [0.25, 0.3) is 0 Å². The molecule has 4 heteroatoms. The van der Waals surface area contributed by atoms with Gasteiger partial charge in [-0.05, 0) is 38.1 Å². The minimum absolute atomic E-state index is 0.112. The number of benzene rings is 1. The molecule has 0 aliphatic carbocycles. The van der Waals surface area contributed by atoms with Gasteiger partial charge < -0.3 is 15.8 Å². The number of nitrogen functional groups attached to an aromatic ring is 1. The van der Waals surface area contributed by atoms with Gasteiger partial charge in [0, 0.05) is 36.6 Å². The van der Waals surface area contributed by atoms with Gasteiger partial charge >= 0.3 is 0 Å². The number of rotatable bonds is 6. The second kappa shape index (κ2) is 6.80. The van der Waals surface area contributed by atoms with Crippen molar-refractivity contribution in [2.24, 2.45) is 0 Å². The van der Waals surface area contributed by atoms with Crippen LogP contribution >= 0.6 is 0 Å². The lowest BCUT2D eigenvalue weighted by Gasteiger charge is -2.14. The monoisotopic (exact) mass is 271 g/mol. The Morgan fingerprint density at radius 3 is 2.80 bits per heavy atom. The summed E-state index contributed by atoms with van der Waals surface area (Å²) in [5.74, 6) is 0.725. The van der Waals surface area contributed by atoms with Gasteiger partial charge in [0.05, 0.1) is 11.8 Å². The van der Waals surface area contributed by atoms with Crippen molar-refractivity contribution < 1.29 is 4.74 Å². The topological polar surface area (TPSA) is 60.2 Å². The van der Waals surface area contributed by atoms with Crippen molar-refractivity contribution in [1.82, 2.24) is 4.98 Å². The van der Waals surface area contributed by atoms with Crippen molar-refractivity contribution >= 4 is 11.4 Å². The van der Waals surface area contributed by atoms with Crippen LogP contribution in [-0.2, 0) is 6.42 Å². The Bertz CT molecular complexity index is 541. The average Bonchev–Trinajstić information content (AvgIpc) is 2.43. The van der Waals surface area contributed by atoms with E-state index in [4.69, 9.17) is 10.5 Å². The number of ether oxygens (including phenoxy) is 1. The lowest BCUT2D eigenvalue weighted by atomic mass is 10.2. The summed E-state index contributed by atoms with van der Waals surface area (Å²) >= 11 is 0. The third kappa shape index (κ3) is 4.16. The van der Waals surface area contributed by atoms with Crippen molar-refractivity contribution in [3.8, 4) is 5.75 Å². The lowest BCUT2D eigenvalue weighted by Crippen LogP contribution is -2.09. The van der Waals surface area contributed by atoms with Crippen LogP contribution < -0.4 is 15.8 Å². The number of hydrogen-bond donors (Lipinski definition) is 2. The minimum Gasteiger partial charge on any atom is -0.489 e. The first-order chi connectivity index (χ1) is 9.65. The van der Waals surface area contributed by atoms with Crippen molar-refractivity contribution in [2.45, 2.75) is 26.4 Å². The molecule has 0 atom stereocenters. The number of nitrogens with one attached hydrogen (secondary N) is 1. The van der Waals surface area contributed by atoms with Gasteiger partial charge in [-0.15, -0.1) is 0 Å². The molecular formula is C16H21N3O. The van der Waals surface area contributed by atoms with Crippen molar-refractivity contribution in [2.75, 3.05) is 17.6 Å². The van der Waals surface area contributed by atoms with Gasteiger partial charge in [0.1, 0.15) is 5.75 Å². The molecule has 3 N–H and O–H groups in total. The fourth-order valence-electron chi connectivity index (χ4n) is 1.88. The maximum atomic E-state index is 5.89. The maximum Gasteiger partial charge on any atom is 0.144 e. The Morgan fingerprint density at radius 1 is 1.25 bits per heavy atom. The van der Waals surface area contributed by atoms with Crippen LogP contribution in [0.4, 0.5) is 11.4 Å². The number of pyridine rings is 1. The molecule has 20 heavy (non-hydrogen) atoms. The number of aromatic nitrogens is 1. The molecule has 0 aliphatic heterocycles. The molecule has 1 aromatic carbocycles. The third-order valence-electron chi connectivity index (χ3n) is 2.81. The molecule has 0 aliphatic rings. The molecule has 1 aromatic heterocycles. The maximum absolute atomic E-state index is 5.89. The SMILES string of the molecule is CC(C)Oc1cc(NCCc2ccccn2)ccc1N. The molecule has 0 bridgehead atoms. The van der Waals surface area contributed by atoms with Gasteiger partial charge in [-0.3, -0.25) is 4.98 Å². The summed E-state index contributed by atoms with van der Waals surface area (Å²) in [5, 5.41) is 3.36. The molecule has 0 spiro atoms. The standard InChI is InChI=1S/C16H21N3O/c1-12(2)20-16-11-14(6-7-15(16)17)19-10-8-13-5-3-4-9-18-13/h3-7,9,11-12,19H,8,10,17H2,1-2H3. The summed E-state index contributed by atoms with van der Waals surface area (Å²) in [5.41, 5.74) is 8.64. The predicted molar refractivity (Wildman–Crippen MR) is 83.0 cm³/mol. The molecule has 2 aromatic rings. The zero-order chi connectivity index (χ0) is 14.4. The highest BCUT2D eigenvalue weighted by atomic mass is 16.5. The Labute approximate surface area is 120 Å². The smallest absolute Gasteiger partial charge is 0.144 e. The largest absolute Gasteiger partial charge is 0.489 e. The summed E-state index contributed by atoms with van der Waals surface area (Å²) in [6, 6.07) is 11.7. The Kier molecular flexibility index (Phi) is 4.82. The molecule has 4 nitrogen and oxygen atoms in total. The van der Waals surface area contributed by atoms with Gasteiger partial charge in [-0.25, -0.2) is 0 Å². The van der Waals surface area contributed by atoms with E-state index in [1.165, 1.54) is 0 Å². The zero-order valence-electron chi connectivity index (χ0n) is 12.0. The number of nitrogens with two attached hydrogens (primary N) is 1. The molecule has 0 fully saturated rings. The van der Waals surface area contributed by atoms with Gasteiger partial charge in [-0.1, -0.05) is 6.07 Å². The number of anilines is 2. The highest BCUT2D eigenvalue weighted by Gasteiger charge is 2.04. The van der Waals surface area contributed by atoms with Crippen LogP contribution in [0, 0.1) is 0 Å². The molecule has 0 radical (unpaired) electrons. The summed E-state index contributed by atoms with van der Waals surface area (Å²) in [4.78, 5) is 4.30. The molecule has 1 heterocycles. The lowest BCUT2D eigenvalue weighted by molar-refractivity contribution is 0.244. The van der Waals surface area contributed by atoms with Crippen molar-refractivity contribution in [3.05, 3.63) is 48.3 Å². The molecule has 2 rings (SSSR count). The number of nitrogens with zero attached hydrogens (tertiary/aromatic N) is 1. The van der Waals surface area contributed by atoms with E-state index in [0.29, 0.717) is 5.69 Å².